The molecule has 4 nitrogen and oxygen atoms in total. The number of nitrogens with zero attached hydrogens (tertiary/aromatic N) is 1. The van der Waals surface area contributed by atoms with E-state index < -0.39 is 0 Å². The molecule has 1 saturated heterocycles. The Morgan fingerprint density at radius 3 is 2.30 bits per heavy atom. The lowest BCUT2D eigenvalue weighted by Gasteiger charge is -2.45. The number of hydrogen-bond acceptors (Lipinski definition) is 3. The summed E-state index contributed by atoms with van der Waals surface area (Å²) in [5.74, 6) is 3.27. The van der Waals surface area contributed by atoms with Crippen LogP contribution in [0.5, 0.6) is 5.75 Å². The number of halogens is 1. The smallest absolute Gasteiger partial charge is 0.225 e. The van der Waals surface area contributed by atoms with Crippen molar-refractivity contribution < 1.29 is 9.53 Å². The van der Waals surface area contributed by atoms with Gasteiger partial charge in [0.25, 0.3) is 0 Å². The van der Waals surface area contributed by atoms with Crippen LogP contribution < -0.4 is 10.5 Å². The zero-order valence-electron chi connectivity index (χ0n) is 16.1. The average Bonchev–Trinajstić information content (AvgIpc) is 2.67. The molecule has 2 aliphatic carbocycles. The summed E-state index contributed by atoms with van der Waals surface area (Å²) < 4.78 is 5.90. The van der Waals surface area contributed by atoms with Crippen LogP contribution in [-0.2, 0) is 4.79 Å². The summed E-state index contributed by atoms with van der Waals surface area (Å²) in [6.45, 7) is 2.54. The SMILES string of the molecule is Cl.NC1C2CCCC1CC(C(=O)N1CCC(COc3ccccc3)CC1)C2. The molecule has 0 spiro atoms. The number of amides is 1. The second-order valence-electron chi connectivity index (χ2n) is 8.59. The Kier molecular flexibility index (Phi) is 7.04. The molecule has 3 aliphatic rings. The Balaban J connectivity index is 0.00000210. The van der Waals surface area contributed by atoms with Gasteiger partial charge in [-0.15, -0.1) is 12.4 Å². The van der Waals surface area contributed by atoms with Crippen molar-refractivity contribution in [2.75, 3.05) is 19.7 Å². The van der Waals surface area contributed by atoms with Crippen molar-refractivity contribution in [2.24, 2.45) is 29.4 Å². The highest BCUT2D eigenvalue weighted by molar-refractivity contribution is 5.85. The molecular weight excluding hydrogens is 360 g/mol. The van der Waals surface area contributed by atoms with E-state index in [1.807, 2.05) is 30.3 Å². The predicted molar refractivity (Wildman–Crippen MR) is 110 cm³/mol. The van der Waals surface area contributed by atoms with Crippen molar-refractivity contribution in [2.45, 2.75) is 51.0 Å². The fraction of sp³-hybridized carbons (Fsp3) is 0.682. The number of benzene rings is 1. The molecule has 1 aliphatic heterocycles. The number of piperidine rings is 1. The first-order valence-electron chi connectivity index (χ1n) is 10.4. The Bertz CT molecular complexity index is 590. The van der Waals surface area contributed by atoms with Crippen LogP contribution in [0.3, 0.4) is 0 Å². The van der Waals surface area contributed by atoms with E-state index in [0.29, 0.717) is 29.7 Å². The predicted octanol–water partition coefficient (Wildman–Crippen LogP) is 3.88. The van der Waals surface area contributed by atoms with Crippen LogP contribution in [0.25, 0.3) is 0 Å². The van der Waals surface area contributed by atoms with Crippen LogP contribution in [0.2, 0.25) is 0 Å². The van der Waals surface area contributed by atoms with Crippen LogP contribution in [0.1, 0.15) is 44.9 Å². The van der Waals surface area contributed by atoms with Gasteiger partial charge < -0.3 is 15.4 Å². The van der Waals surface area contributed by atoms with Crippen molar-refractivity contribution in [3.05, 3.63) is 30.3 Å². The number of fused-ring (bicyclic) bond motifs is 2. The molecule has 5 heteroatoms. The topological polar surface area (TPSA) is 55.6 Å². The number of likely N-dealkylation sites (tertiary alicyclic amines) is 1. The highest BCUT2D eigenvalue weighted by Crippen LogP contribution is 2.42. The normalized spacial score (nSPS) is 31.1. The Labute approximate surface area is 169 Å². The summed E-state index contributed by atoms with van der Waals surface area (Å²) in [5.41, 5.74) is 6.39. The van der Waals surface area contributed by atoms with E-state index in [0.717, 1.165) is 51.1 Å². The maximum atomic E-state index is 13.0. The Morgan fingerprint density at radius 1 is 1.04 bits per heavy atom. The molecule has 27 heavy (non-hydrogen) atoms. The fourth-order valence-corrected chi connectivity index (χ4v) is 5.30. The van der Waals surface area contributed by atoms with E-state index in [4.69, 9.17) is 10.5 Å². The van der Waals surface area contributed by atoms with Gasteiger partial charge in [0.2, 0.25) is 5.91 Å². The molecule has 3 fully saturated rings. The quantitative estimate of drug-likeness (QED) is 0.845. The summed E-state index contributed by atoms with van der Waals surface area (Å²) >= 11 is 0. The van der Waals surface area contributed by atoms with Gasteiger partial charge in [-0.25, -0.2) is 0 Å². The van der Waals surface area contributed by atoms with Gasteiger partial charge >= 0.3 is 0 Å². The lowest BCUT2D eigenvalue weighted by atomic mass is 9.65. The number of nitrogens with two attached hydrogens (primary N) is 1. The summed E-state index contributed by atoms with van der Waals surface area (Å²) in [4.78, 5) is 15.2. The monoisotopic (exact) mass is 392 g/mol. The molecule has 2 bridgehead atoms. The third kappa shape index (κ3) is 4.78. The number of ether oxygens (including phenoxy) is 1. The van der Waals surface area contributed by atoms with Crippen LogP contribution >= 0.6 is 12.4 Å². The molecule has 0 aromatic heterocycles. The van der Waals surface area contributed by atoms with Gasteiger partial charge in [-0.1, -0.05) is 24.6 Å². The molecule has 150 valence electrons. The van der Waals surface area contributed by atoms with E-state index in [2.05, 4.69) is 4.90 Å². The summed E-state index contributed by atoms with van der Waals surface area (Å²) in [5, 5.41) is 0. The van der Waals surface area contributed by atoms with Crippen LogP contribution in [0.15, 0.2) is 30.3 Å². The molecular formula is C22H33ClN2O2. The van der Waals surface area contributed by atoms with Crippen LogP contribution in [0, 0.1) is 23.7 Å². The molecule has 4 rings (SSSR count). The van der Waals surface area contributed by atoms with Crippen LogP contribution in [-0.4, -0.2) is 36.5 Å². The summed E-state index contributed by atoms with van der Waals surface area (Å²) in [6.07, 6.45) is 7.90. The van der Waals surface area contributed by atoms with E-state index in [-0.39, 0.29) is 18.3 Å². The Morgan fingerprint density at radius 2 is 1.67 bits per heavy atom. The van der Waals surface area contributed by atoms with Crippen molar-refractivity contribution in [3.8, 4) is 5.75 Å². The molecule has 2 N–H and O–H groups in total. The number of hydrogen-bond donors (Lipinski definition) is 1. The molecule has 2 saturated carbocycles. The van der Waals surface area contributed by atoms with E-state index in [1.165, 1.54) is 19.3 Å². The second kappa shape index (κ2) is 9.29. The minimum Gasteiger partial charge on any atom is -0.493 e. The van der Waals surface area contributed by atoms with Gasteiger partial charge in [0.1, 0.15) is 5.75 Å². The molecule has 1 aromatic rings. The molecule has 0 radical (unpaired) electrons. The van der Waals surface area contributed by atoms with Crippen molar-refractivity contribution >= 4 is 18.3 Å². The van der Waals surface area contributed by atoms with Crippen LogP contribution in [0.4, 0.5) is 0 Å². The molecule has 1 amide bonds. The zero-order valence-corrected chi connectivity index (χ0v) is 16.9. The average molecular weight is 393 g/mol. The first kappa shape index (κ1) is 20.5. The first-order chi connectivity index (χ1) is 12.7. The number of rotatable bonds is 4. The van der Waals surface area contributed by atoms with Crippen molar-refractivity contribution in [1.82, 2.24) is 4.90 Å². The highest BCUT2D eigenvalue weighted by Gasteiger charge is 2.41. The minimum absolute atomic E-state index is 0. The van der Waals surface area contributed by atoms with Gasteiger partial charge in [0.05, 0.1) is 6.61 Å². The zero-order chi connectivity index (χ0) is 17.9. The second-order valence-corrected chi connectivity index (χ2v) is 8.59. The lowest BCUT2D eigenvalue weighted by Crippen LogP contribution is -2.50. The minimum atomic E-state index is 0. The van der Waals surface area contributed by atoms with Crippen molar-refractivity contribution in [1.29, 1.82) is 0 Å². The summed E-state index contributed by atoms with van der Waals surface area (Å²) in [6, 6.07) is 10.4. The third-order valence-corrected chi connectivity index (χ3v) is 6.92. The summed E-state index contributed by atoms with van der Waals surface area (Å²) in [7, 11) is 0. The molecule has 1 aromatic carbocycles. The maximum absolute atomic E-state index is 13.0. The van der Waals surface area contributed by atoms with Gasteiger partial charge in [0, 0.05) is 25.0 Å². The van der Waals surface area contributed by atoms with Gasteiger partial charge in [0.15, 0.2) is 0 Å². The fourth-order valence-electron chi connectivity index (χ4n) is 5.30. The van der Waals surface area contributed by atoms with Gasteiger partial charge in [-0.2, -0.15) is 0 Å². The number of carbonyl (C=O) groups excluding carboxylic acids is 1. The van der Waals surface area contributed by atoms with Crippen molar-refractivity contribution in [3.63, 3.8) is 0 Å². The number of carbonyl (C=O) groups is 1. The molecule has 2 atom stereocenters. The molecule has 1 heterocycles. The number of para-hydroxylation sites is 1. The Hall–Kier alpha value is -1.26. The molecule has 2 unspecified atom stereocenters. The van der Waals surface area contributed by atoms with E-state index in [1.54, 1.807) is 0 Å². The van der Waals surface area contributed by atoms with E-state index >= 15 is 0 Å². The third-order valence-electron chi connectivity index (χ3n) is 6.92. The van der Waals surface area contributed by atoms with Gasteiger partial charge in [-0.3, -0.25) is 4.79 Å². The van der Waals surface area contributed by atoms with Gasteiger partial charge in [-0.05, 0) is 68.4 Å². The largest absolute Gasteiger partial charge is 0.493 e. The highest BCUT2D eigenvalue weighted by atomic mass is 35.5. The standard InChI is InChI=1S/C22H32N2O2.ClH/c23-21-17-5-4-6-18(21)14-19(13-17)22(25)24-11-9-16(10-12-24)15-26-20-7-2-1-3-8-20;/h1-3,7-8,16-19,21H,4-6,9-15,23H2;1H. The van der Waals surface area contributed by atoms with E-state index in [9.17, 15) is 4.79 Å². The maximum Gasteiger partial charge on any atom is 0.225 e. The lowest BCUT2D eigenvalue weighted by molar-refractivity contribution is -0.140. The first-order valence-corrected chi connectivity index (χ1v) is 10.4.